The van der Waals surface area contributed by atoms with Gasteiger partial charge in [0.1, 0.15) is 0 Å². The highest BCUT2D eigenvalue weighted by Gasteiger charge is 2.20. The highest BCUT2D eigenvalue weighted by atomic mass is 35.5. The van der Waals surface area contributed by atoms with E-state index in [1.54, 1.807) is 29.1 Å². The van der Waals surface area contributed by atoms with Crippen LogP contribution >= 0.6 is 34.8 Å². The predicted molar refractivity (Wildman–Crippen MR) is 75.4 cm³/mol. The van der Waals surface area contributed by atoms with Crippen molar-refractivity contribution in [2.75, 3.05) is 0 Å². The van der Waals surface area contributed by atoms with Gasteiger partial charge in [0.2, 0.25) is 0 Å². The van der Waals surface area contributed by atoms with Gasteiger partial charge in [0.05, 0.1) is 23.0 Å². The normalized spacial score (nSPS) is 12.7. The number of hydrogen-bond donors (Lipinski definition) is 1. The second kappa shape index (κ2) is 5.49. The molecule has 0 saturated heterocycles. The van der Waals surface area contributed by atoms with Crippen LogP contribution in [0.4, 0.5) is 0 Å². The van der Waals surface area contributed by atoms with Crippen LogP contribution in [0.5, 0.6) is 0 Å². The van der Waals surface area contributed by atoms with E-state index in [0.717, 1.165) is 11.3 Å². The van der Waals surface area contributed by atoms with Crippen molar-refractivity contribution in [1.29, 1.82) is 0 Å². The van der Waals surface area contributed by atoms with Crippen LogP contribution in [0.25, 0.3) is 0 Å². The summed E-state index contributed by atoms with van der Waals surface area (Å²) in [7, 11) is 0. The predicted octanol–water partition coefficient (Wildman–Crippen LogP) is 3.91. The van der Waals surface area contributed by atoms with Crippen LogP contribution in [0.3, 0.4) is 0 Å². The quantitative estimate of drug-likeness (QED) is 0.934. The van der Waals surface area contributed by atoms with Crippen LogP contribution in [0.1, 0.15) is 24.2 Å². The fourth-order valence-corrected chi connectivity index (χ4v) is 2.62. The third kappa shape index (κ3) is 2.50. The van der Waals surface area contributed by atoms with Gasteiger partial charge in [-0.15, -0.1) is 0 Å². The monoisotopic (exact) mass is 303 g/mol. The summed E-state index contributed by atoms with van der Waals surface area (Å²) in [6.07, 6.45) is 1.59. The molecule has 0 amide bonds. The van der Waals surface area contributed by atoms with Crippen LogP contribution in [-0.4, -0.2) is 9.78 Å². The van der Waals surface area contributed by atoms with Crippen molar-refractivity contribution in [3.8, 4) is 0 Å². The van der Waals surface area contributed by atoms with E-state index in [4.69, 9.17) is 40.5 Å². The Morgan fingerprint density at radius 2 is 2.00 bits per heavy atom. The zero-order valence-electron chi connectivity index (χ0n) is 9.70. The molecule has 0 radical (unpaired) electrons. The minimum Gasteiger partial charge on any atom is -0.319 e. The maximum atomic E-state index is 6.22. The average Bonchev–Trinajstić information content (AvgIpc) is 2.69. The molecular formula is C12H12Cl3N3. The fraction of sp³-hybridized carbons (Fsp3) is 0.250. The molecule has 1 heterocycles. The second-order valence-electron chi connectivity index (χ2n) is 3.84. The number of nitrogens with two attached hydrogens (primary N) is 1. The Hall–Kier alpha value is -0.740. The number of nitrogens with zero attached hydrogens (tertiary/aromatic N) is 2. The van der Waals surface area contributed by atoms with E-state index in [2.05, 4.69) is 5.10 Å². The molecule has 2 aromatic rings. The molecule has 0 spiro atoms. The molecule has 0 fully saturated rings. The first-order valence-electron chi connectivity index (χ1n) is 5.46. The highest BCUT2D eigenvalue weighted by molar-refractivity contribution is 6.35. The molecule has 1 atom stereocenters. The van der Waals surface area contributed by atoms with Crippen molar-refractivity contribution in [3.63, 3.8) is 0 Å². The highest BCUT2D eigenvalue weighted by Crippen LogP contribution is 2.32. The third-order valence-corrected chi connectivity index (χ3v) is 3.58. The molecule has 6 heteroatoms. The Morgan fingerprint density at radius 1 is 1.28 bits per heavy atom. The van der Waals surface area contributed by atoms with Gasteiger partial charge >= 0.3 is 0 Å². The molecule has 0 saturated carbocycles. The Bertz CT molecular complexity index is 566. The number of benzene rings is 1. The van der Waals surface area contributed by atoms with Gasteiger partial charge in [-0.25, -0.2) is 0 Å². The minimum absolute atomic E-state index is 0.426. The van der Waals surface area contributed by atoms with E-state index in [0.29, 0.717) is 21.6 Å². The molecule has 3 nitrogen and oxygen atoms in total. The summed E-state index contributed by atoms with van der Waals surface area (Å²) < 4.78 is 1.76. The first kappa shape index (κ1) is 13.7. The summed E-state index contributed by atoms with van der Waals surface area (Å²) in [6, 6.07) is 4.80. The summed E-state index contributed by atoms with van der Waals surface area (Å²) in [5.41, 5.74) is 7.75. The topological polar surface area (TPSA) is 43.8 Å². The molecule has 0 aliphatic heterocycles. The molecule has 1 unspecified atom stereocenters. The van der Waals surface area contributed by atoms with Gasteiger partial charge in [-0.2, -0.15) is 5.10 Å². The zero-order valence-corrected chi connectivity index (χ0v) is 12.0. The number of rotatable bonds is 3. The minimum atomic E-state index is -0.426. The van der Waals surface area contributed by atoms with E-state index < -0.39 is 6.04 Å². The van der Waals surface area contributed by atoms with Crippen molar-refractivity contribution >= 4 is 34.8 Å². The summed E-state index contributed by atoms with van der Waals surface area (Å²) in [5.74, 6) is 0. The molecule has 18 heavy (non-hydrogen) atoms. The van der Waals surface area contributed by atoms with Gasteiger partial charge in [0.15, 0.2) is 0 Å². The molecule has 2 N–H and O–H groups in total. The van der Waals surface area contributed by atoms with Crippen LogP contribution in [0.2, 0.25) is 15.1 Å². The lowest BCUT2D eigenvalue weighted by atomic mass is 10.0. The molecular weight excluding hydrogens is 293 g/mol. The lowest BCUT2D eigenvalue weighted by Crippen LogP contribution is -2.18. The number of aromatic nitrogens is 2. The third-order valence-electron chi connectivity index (χ3n) is 2.72. The number of aryl methyl sites for hydroxylation is 1. The number of halogens is 3. The molecule has 2 rings (SSSR count). The van der Waals surface area contributed by atoms with Crippen LogP contribution in [0.15, 0.2) is 24.4 Å². The maximum Gasteiger partial charge on any atom is 0.0837 e. The van der Waals surface area contributed by atoms with Crippen molar-refractivity contribution in [2.24, 2.45) is 5.73 Å². The summed E-state index contributed by atoms with van der Waals surface area (Å²) in [5, 5.41) is 5.80. The standard InChI is InChI=1S/C12H12Cl3N3/c1-2-18-12(10(15)6-17-18)11(16)8-4-3-7(13)5-9(8)14/h3-6,11H,2,16H2,1H3. The van der Waals surface area contributed by atoms with E-state index in [1.807, 2.05) is 6.92 Å². The smallest absolute Gasteiger partial charge is 0.0837 e. The van der Waals surface area contributed by atoms with E-state index in [9.17, 15) is 0 Å². The largest absolute Gasteiger partial charge is 0.319 e. The molecule has 0 aliphatic carbocycles. The summed E-state index contributed by atoms with van der Waals surface area (Å²) in [4.78, 5) is 0. The molecule has 0 bridgehead atoms. The van der Waals surface area contributed by atoms with Crippen LogP contribution in [0, 0.1) is 0 Å². The molecule has 0 aliphatic rings. The SMILES string of the molecule is CCn1ncc(Cl)c1C(N)c1ccc(Cl)cc1Cl. The van der Waals surface area contributed by atoms with Crippen molar-refractivity contribution < 1.29 is 0 Å². The van der Waals surface area contributed by atoms with Gasteiger partial charge < -0.3 is 5.73 Å². The van der Waals surface area contributed by atoms with E-state index in [1.165, 1.54) is 0 Å². The molecule has 96 valence electrons. The Kier molecular flexibility index (Phi) is 4.17. The van der Waals surface area contributed by atoms with Gasteiger partial charge in [-0.05, 0) is 24.6 Å². The maximum absolute atomic E-state index is 6.22. The van der Waals surface area contributed by atoms with Crippen LogP contribution < -0.4 is 5.73 Å². The van der Waals surface area contributed by atoms with Crippen molar-refractivity contribution in [1.82, 2.24) is 9.78 Å². The Morgan fingerprint density at radius 3 is 2.61 bits per heavy atom. The Labute approximate surface area is 120 Å². The molecule has 1 aromatic heterocycles. The lowest BCUT2D eigenvalue weighted by molar-refractivity contribution is 0.601. The van der Waals surface area contributed by atoms with Crippen LogP contribution in [-0.2, 0) is 6.54 Å². The van der Waals surface area contributed by atoms with Gasteiger partial charge in [0.25, 0.3) is 0 Å². The van der Waals surface area contributed by atoms with E-state index >= 15 is 0 Å². The van der Waals surface area contributed by atoms with Crippen molar-refractivity contribution in [3.05, 3.63) is 50.7 Å². The second-order valence-corrected chi connectivity index (χ2v) is 5.09. The van der Waals surface area contributed by atoms with Crippen molar-refractivity contribution in [2.45, 2.75) is 19.5 Å². The Balaban J connectivity index is 2.47. The lowest BCUT2D eigenvalue weighted by Gasteiger charge is -2.16. The first-order valence-corrected chi connectivity index (χ1v) is 6.59. The molecule has 1 aromatic carbocycles. The van der Waals surface area contributed by atoms with Gasteiger partial charge in [-0.1, -0.05) is 40.9 Å². The summed E-state index contributed by atoms with van der Waals surface area (Å²) in [6.45, 7) is 2.67. The summed E-state index contributed by atoms with van der Waals surface area (Å²) >= 11 is 18.1. The van der Waals surface area contributed by atoms with E-state index in [-0.39, 0.29) is 0 Å². The van der Waals surface area contributed by atoms with Gasteiger partial charge in [0, 0.05) is 16.6 Å². The zero-order chi connectivity index (χ0) is 13.3. The fourth-order valence-electron chi connectivity index (χ4n) is 1.83. The first-order chi connectivity index (χ1) is 8.54. The number of hydrogen-bond acceptors (Lipinski definition) is 2. The average molecular weight is 305 g/mol. The van der Waals surface area contributed by atoms with Gasteiger partial charge in [-0.3, -0.25) is 4.68 Å².